The Morgan fingerprint density at radius 3 is 2.30 bits per heavy atom. The summed E-state index contributed by atoms with van der Waals surface area (Å²) in [5, 5.41) is 9.65. The SMILES string of the molecule is CCC1(CC)CCN(c2ccc([C@H](C)O)cc2Br)CC1. The van der Waals surface area contributed by atoms with Crippen molar-refractivity contribution in [3.05, 3.63) is 28.2 Å². The Hall–Kier alpha value is -0.540. The van der Waals surface area contributed by atoms with E-state index in [0.29, 0.717) is 5.41 Å². The standard InChI is InChI=1S/C17H26BrNO/c1-4-17(5-2)8-10-19(11-9-17)16-7-6-14(13(3)20)12-15(16)18/h6-7,12-13,20H,4-5,8-11H2,1-3H3/t13-/m0/s1. The largest absolute Gasteiger partial charge is 0.389 e. The highest BCUT2D eigenvalue weighted by atomic mass is 79.9. The number of hydrogen-bond acceptors (Lipinski definition) is 2. The van der Waals surface area contributed by atoms with Gasteiger partial charge in [-0.3, -0.25) is 0 Å². The first-order chi connectivity index (χ1) is 9.51. The molecule has 1 N–H and O–H groups in total. The fourth-order valence-electron chi connectivity index (χ4n) is 3.22. The number of aliphatic hydroxyl groups is 1. The lowest BCUT2D eigenvalue weighted by atomic mass is 9.74. The summed E-state index contributed by atoms with van der Waals surface area (Å²) in [4.78, 5) is 2.47. The zero-order chi connectivity index (χ0) is 14.8. The average molecular weight is 340 g/mol. The molecule has 0 aromatic heterocycles. The summed E-state index contributed by atoms with van der Waals surface area (Å²) in [5.41, 5.74) is 2.78. The van der Waals surface area contributed by atoms with Crippen LogP contribution in [-0.4, -0.2) is 18.2 Å². The van der Waals surface area contributed by atoms with E-state index in [1.807, 2.05) is 12.1 Å². The minimum atomic E-state index is -0.408. The van der Waals surface area contributed by atoms with Crippen LogP contribution in [0.15, 0.2) is 22.7 Å². The predicted octanol–water partition coefficient (Wildman–Crippen LogP) is 4.91. The molecule has 1 atom stereocenters. The van der Waals surface area contributed by atoms with Crippen LogP contribution < -0.4 is 4.90 Å². The fraction of sp³-hybridized carbons (Fsp3) is 0.647. The van der Waals surface area contributed by atoms with E-state index < -0.39 is 6.10 Å². The maximum absolute atomic E-state index is 9.65. The van der Waals surface area contributed by atoms with Gasteiger partial charge in [-0.1, -0.05) is 32.8 Å². The summed E-state index contributed by atoms with van der Waals surface area (Å²) in [6.45, 7) is 8.72. The number of piperidine rings is 1. The lowest BCUT2D eigenvalue weighted by Crippen LogP contribution is -2.39. The van der Waals surface area contributed by atoms with E-state index in [9.17, 15) is 5.11 Å². The second-order valence-corrected chi connectivity index (χ2v) is 6.94. The van der Waals surface area contributed by atoms with Crippen LogP contribution in [0.4, 0.5) is 5.69 Å². The van der Waals surface area contributed by atoms with E-state index >= 15 is 0 Å². The highest BCUT2D eigenvalue weighted by molar-refractivity contribution is 9.10. The molecule has 2 rings (SSSR count). The molecule has 20 heavy (non-hydrogen) atoms. The van der Waals surface area contributed by atoms with Crippen molar-refractivity contribution in [2.75, 3.05) is 18.0 Å². The highest BCUT2D eigenvalue weighted by Gasteiger charge is 2.31. The quantitative estimate of drug-likeness (QED) is 0.842. The van der Waals surface area contributed by atoms with Crippen LogP contribution in [0.3, 0.4) is 0 Å². The predicted molar refractivity (Wildman–Crippen MR) is 89.2 cm³/mol. The van der Waals surface area contributed by atoms with Crippen molar-refractivity contribution in [1.82, 2.24) is 0 Å². The van der Waals surface area contributed by atoms with Gasteiger partial charge in [0.05, 0.1) is 11.8 Å². The molecular formula is C17H26BrNO. The van der Waals surface area contributed by atoms with Crippen LogP contribution in [0.25, 0.3) is 0 Å². The molecule has 1 heterocycles. The molecule has 1 aromatic rings. The lowest BCUT2D eigenvalue weighted by molar-refractivity contribution is 0.198. The number of rotatable bonds is 4. The number of aliphatic hydroxyl groups excluding tert-OH is 1. The average Bonchev–Trinajstić information content (AvgIpc) is 2.47. The molecular weight excluding hydrogens is 314 g/mol. The van der Waals surface area contributed by atoms with Crippen LogP contribution in [0.1, 0.15) is 58.1 Å². The molecule has 1 aromatic carbocycles. The van der Waals surface area contributed by atoms with Crippen molar-refractivity contribution in [3.63, 3.8) is 0 Å². The van der Waals surface area contributed by atoms with Gasteiger partial charge in [0, 0.05) is 17.6 Å². The summed E-state index contributed by atoms with van der Waals surface area (Å²) in [7, 11) is 0. The molecule has 1 aliphatic rings. The molecule has 112 valence electrons. The van der Waals surface area contributed by atoms with Gasteiger partial charge in [0.25, 0.3) is 0 Å². The molecule has 1 saturated heterocycles. The molecule has 0 radical (unpaired) electrons. The van der Waals surface area contributed by atoms with Crippen LogP contribution in [-0.2, 0) is 0 Å². The van der Waals surface area contributed by atoms with Gasteiger partial charge in [0.2, 0.25) is 0 Å². The van der Waals surface area contributed by atoms with Crippen molar-refractivity contribution in [2.45, 2.75) is 52.6 Å². The van der Waals surface area contributed by atoms with E-state index in [1.54, 1.807) is 6.92 Å². The van der Waals surface area contributed by atoms with Crippen LogP contribution in [0.5, 0.6) is 0 Å². The van der Waals surface area contributed by atoms with Gasteiger partial charge >= 0.3 is 0 Å². The van der Waals surface area contributed by atoms with Gasteiger partial charge in [0.15, 0.2) is 0 Å². The summed E-state index contributed by atoms with van der Waals surface area (Å²) < 4.78 is 1.09. The van der Waals surface area contributed by atoms with Crippen molar-refractivity contribution < 1.29 is 5.11 Å². The fourth-order valence-corrected chi connectivity index (χ4v) is 3.87. The second-order valence-electron chi connectivity index (χ2n) is 6.08. The Morgan fingerprint density at radius 2 is 1.85 bits per heavy atom. The number of hydrogen-bond donors (Lipinski definition) is 1. The first-order valence-electron chi connectivity index (χ1n) is 7.74. The van der Waals surface area contributed by atoms with Crippen molar-refractivity contribution >= 4 is 21.6 Å². The van der Waals surface area contributed by atoms with Crippen LogP contribution >= 0.6 is 15.9 Å². The molecule has 0 aliphatic carbocycles. The third kappa shape index (κ3) is 3.20. The number of nitrogens with zero attached hydrogens (tertiary/aromatic N) is 1. The zero-order valence-corrected chi connectivity index (χ0v) is 14.4. The maximum Gasteiger partial charge on any atom is 0.0762 e. The number of anilines is 1. The molecule has 1 aliphatic heterocycles. The van der Waals surface area contributed by atoms with Crippen molar-refractivity contribution in [1.29, 1.82) is 0 Å². The summed E-state index contributed by atoms with van der Waals surface area (Å²) >= 11 is 3.66. The summed E-state index contributed by atoms with van der Waals surface area (Å²) in [6.07, 6.45) is 4.74. The van der Waals surface area contributed by atoms with Gasteiger partial charge in [-0.15, -0.1) is 0 Å². The molecule has 0 amide bonds. The molecule has 2 nitrogen and oxygen atoms in total. The first kappa shape index (κ1) is 15.8. The minimum absolute atomic E-state index is 0.408. The van der Waals surface area contributed by atoms with Crippen LogP contribution in [0.2, 0.25) is 0 Å². The van der Waals surface area contributed by atoms with Gasteiger partial charge in [-0.25, -0.2) is 0 Å². The highest BCUT2D eigenvalue weighted by Crippen LogP contribution is 2.40. The minimum Gasteiger partial charge on any atom is -0.389 e. The third-order valence-electron chi connectivity index (χ3n) is 5.12. The van der Waals surface area contributed by atoms with E-state index in [4.69, 9.17) is 0 Å². The topological polar surface area (TPSA) is 23.5 Å². The third-order valence-corrected chi connectivity index (χ3v) is 5.75. The van der Waals surface area contributed by atoms with Gasteiger partial charge < -0.3 is 10.0 Å². The molecule has 3 heteroatoms. The smallest absolute Gasteiger partial charge is 0.0762 e. The van der Waals surface area contributed by atoms with E-state index in [1.165, 1.54) is 31.4 Å². The number of benzene rings is 1. The van der Waals surface area contributed by atoms with E-state index in [2.05, 4.69) is 40.7 Å². The van der Waals surface area contributed by atoms with Crippen molar-refractivity contribution in [3.8, 4) is 0 Å². The van der Waals surface area contributed by atoms with Gasteiger partial charge in [-0.05, 0) is 58.8 Å². The summed E-state index contributed by atoms with van der Waals surface area (Å²) in [5.74, 6) is 0. The Labute approximate surface area is 131 Å². The second kappa shape index (κ2) is 6.48. The Morgan fingerprint density at radius 1 is 1.25 bits per heavy atom. The van der Waals surface area contributed by atoms with E-state index in [0.717, 1.165) is 23.1 Å². The monoisotopic (exact) mass is 339 g/mol. The molecule has 0 spiro atoms. The number of halogens is 1. The molecule has 0 unspecified atom stereocenters. The summed E-state index contributed by atoms with van der Waals surface area (Å²) in [6, 6.07) is 6.21. The molecule has 0 saturated carbocycles. The lowest BCUT2D eigenvalue weighted by Gasteiger charge is -2.42. The van der Waals surface area contributed by atoms with Gasteiger partial charge in [-0.2, -0.15) is 0 Å². The van der Waals surface area contributed by atoms with E-state index in [-0.39, 0.29) is 0 Å². The van der Waals surface area contributed by atoms with Crippen LogP contribution in [0, 0.1) is 5.41 Å². The Kier molecular flexibility index (Phi) is 5.14. The van der Waals surface area contributed by atoms with Crippen molar-refractivity contribution in [2.24, 2.45) is 5.41 Å². The first-order valence-corrected chi connectivity index (χ1v) is 8.53. The molecule has 0 bridgehead atoms. The molecule has 1 fully saturated rings. The Balaban J connectivity index is 2.11. The normalized spacial score (nSPS) is 19.9. The van der Waals surface area contributed by atoms with Gasteiger partial charge in [0.1, 0.15) is 0 Å². The maximum atomic E-state index is 9.65. The zero-order valence-electron chi connectivity index (χ0n) is 12.8. The Bertz CT molecular complexity index is 444.